The van der Waals surface area contributed by atoms with Crippen molar-refractivity contribution in [1.29, 1.82) is 0 Å². The van der Waals surface area contributed by atoms with Gasteiger partial charge in [0, 0.05) is 17.1 Å². The van der Waals surface area contributed by atoms with Crippen LogP contribution >= 0.6 is 11.3 Å². The van der Waals surface area contributed by atoms with Crippen LogP contribution in [0, 0.1) is 5.92 Å². The summed E-state index contributed by atoms with van der Waals surface area (Å²) >= 11 is 1.66. The van der Waals surface area contributed by atoms with E-state index in [0.717, 1.165) is 6.42 Å². The normalized spacial score (nSPS) is 20.9. The molecule has 3 rings (SSSR count). The zero-order valence-corrected chi connectivity index (χ0v) is 12.9. The second-order valence-corrected chi connectivity index (χ2v) is 6.65. The van der Waals surface area contributed by atoms with E-state index in [2.05, 4.69) is 5.32 Å². The van der Waals surface area contributed by atoms with Crippen molar-refractivity contribution in [3.8, 4) is 0 Å². The monoisotopic (exact) mass is 318 g/mol. The second kappa shape index (κ2) is 6.36. The number of hydrogen-bond donors (Lipinski definition) is 2. The number of carboxylic acids is 1. The van der Waals surface area contributed by atoms with Crippen molar-refractivity contribution in [2.45, 2.75) is 31.8 Å². The number of rotatable bonds is 5. The standard InChI is InChI=1S/C16H18N2O3S/c19-15(17-12-6-5-11(9-12)16(20)21)14-4-1-7-18(14)10-13-3-2-8-22-13/h1-4,7-8,11-12H,5-6,9-10H2,(H,17,19)(H,20,21)/t11-,12+/m0/s1. The summed E-state index contributed by atoms with van der Waals surface area (Å²) in [6, 6.07) is 7.65. The molecule has 2 aromatic heterocycles. The van der Waals surface area contributed by atoms with Crippen LogP contribution < -0.4 is 5.32 Å². The molecule has 116 valence electrons. The van der Waals surface area contributed by atoms with Crippen LogP contribution in [-0.2, 0) is 11.3 Å². The van der Waals surface area contributed by atoms with E-state index in [-0.39, 0.29) is 17.9 Å². The van der Waals surface area contributed by atoms with Crippen molar-refractivity contribution in [2.75, 3.05) is 0 Å². The summed E-state index contributed by atoms with van der Waals surface area (Å²) in [6.45, 7) is 0.676. The highest BCUT2D eigenvalue weighted by atomic mass is 32.1. The summed E-state index contributed by atoms with van der Waals surface area (Å²) < 4.78 is 1.92. The summed E-state index contributed by atoms with van der Waals surface area (Å²) in [5, 5.41) is 14.0. The number of nitrogens with zero attached hydrogens (tertiary/aromatic N) is 1. The summed E-state index contributed by atoms with van der Waals surface area (Å²) in [7, 11) is 0. The zero-order valence-electron chi connectivity index (χ0n) is 12.1. The molecule has 0 bridgehead atoms. The molecule has 0 saturated heterocycles. The Hall–Kier alpha value is -2.08. The minimum absolute atomic E-state index is 0.0429. The molecule has 2 heterocycles. The van der Waals surface area contributed by atoms with Gasteiger partial charge in [0.05, 0.1) is 12.5 Å². The molecule has 2 N–H and O–H groups in total. The Labute approximate surface area is 132 Å². The Balaban J connectivity index is 1.64. The molecule has 6 heteroatoms. The maximum atomic E-state index is 12.4. The van der Waals surface area contributed by atoms with E-state index in [4.69, 9.17) is 5.11 Å². The Morgan fingerprint density at radius 3 is 2.86 bits per heavy atom. The van der Waals surface area contributed by atoms with Crippen LogP contribution in [0.15, 0.2) is 35.8 Å². The molecule has 1 amide bonds. The van der Waals surface area contributed by atoms with E-state index in [1.807, 2.05) is 34.3 Å². The van der Waals surface area contributed by atoms with E-state index in [9.17, 15) is 9.59 Å². The van der Waals surface area contributed by atoms with Gasteiger partial charge in [0.25, 0.3) is 5.91 Å². The lowest BCUT2D eigenvalue weighted by molar-refractivity contribution is -0.141. The predicted octanol–water partition coefficient (Wildman–Crippen LogP) is 2.58. The lowest BCUT2D eigenvalue weighted by atomic mass is 10.1. The van der Waals surface area contributed by atoms with Crippen molar-refractivity contribution < 1.29 is 14.7 Å². The largest absolute Gasteiger partial charge is 0.481 e. The maximum Gasteiger partial charge on any atom is 0.306 e. The number of hydrogen-bond acceptors (Lipinski definition) is 3. The van der Waals surface area contributed by atoms with Gasteiger partial charge in [-0.1, -0.05) is 6.07 Å². The number of carbonyl (C=O) groups excluding carboxylic acids is 1. The van der Waals surface area contributed by atoms with Crippen LogP contribution in [0.3, 0.4) is 0 Å². The highest BCUT2D eigenvalue weighted by Gasteiger charge is 2.31. The van der Waals surface area contributed by atoms with Gasteiger partial charge in [-0.3, -0.25) is 9.59 Å². The van der Waals surface area contributed by atoms with E-state index in [0.29, 0.717) is 25.1 Å². The highest BCUT2D eigenvalue weighted by molar-refractivity contribution is 7.09. The van der Waals surface area contributed by atoms with Crippen molar-refractivity contribution >= 4 is 23.2 Å². The molecule has 1 fully saturated rings. The van der Waals surface area contributed by atoms with E-state index < -0.39 is 5.97 Å². The van der Waals surface area contributed by atoms with Crippen LogP contribution in [-0.4, -0.2) is 27.6 Å². The molecule has 2 aromatic rings. The molecule has 5 nitrogen and oxygen atoms in total. The first-order chi connectivity index (χ1) is 10.6. The van der Waals surface area contributed by atoms with Crippen molar-refractivity contribution in [1.82, 2.24) is 9.88 Å². The van der Waals surface area contributed by atoms with Gasteiger partial charge in [0.1, 0.15) is 5.69 Å². The molecule has 1 aliphatic carbocycles. The first kappa shape index (κ1) is 14.8. The molecular formula is C16H18N2O3S. The van der Waals surface area contributed by atoms with Gasteiger partial charge in [0.15, 0.2) is 0 Å². The molecule has 1 saturated carbocycles. The number of amides is 1. The predicted molar refractivity (Wildman–Crippen MR) is 84.1 cm³/mol. The molecule has 22 heavy (non-hydrogen) atoms. The molecular weight excluding hydrogens is 300 g/mol. The van der Waals surface area contributed by atoms with E-state index >= 15 is 0 Å². The Bertz CT molecular complexity index is 663. The second-order valence-electron chi connectivity index (χ2n) is 5.62. The van der Waals surface area contributed by atoms with Crippen LogP contribution in [0.1, 0.15) is 34.6 Å². The van der Waals surface area contributed by atoms with Gasteiger partial charge in [-0.2, -0.15) is 0 Å². The highest BCUT2D eigenvalue weighted by Crippen LogP contribution is 2.26. The zero-order chi connectivity index (χ0) is 15.5. The van der Waals surface area contributed by atoms with Gasteiger partial charge < -0.3 is 15.0 Å². The lowest BCUT2D eigenvalue weighted by Crippen LogP contribution is -2.34. The summed E-state index contributed by atoms with van der Waals surface area (Å²) in [6.07, 6.45) is 3.78. The Morgan fingerprint density at radius 2 is 2.18 bits per heavy atom. The topological polar surface area (TPSA) is 71.3 Å². The van der Waals surface area contributed by atoms with E-state index in [1.54, 1.807) is 17.4 Å². The Kier molecular flexibility index (Phi) is 4.29. The molecule has 0 spiro atoms. The minimum atomic E-state index is -0.766. The fraction of sp³-hybridized carbons (Fsp3) is 0.375. The number of nitrogens with one attached hydrogen (secondary N) is 1. The van der Waals surface area contributed by atoms with Gasteiger partial charge >= 0.3 is 5.97 Å². The maximum absolute atomic E-state index is 12.4. The first-order valence-electron chi connectivity index (χ1n) is 7.34. The van der Waals surface area contributed by atoms with Crippen molar-refractivity contribution in [3.63, 3.8) is 0 Å². The van der Waals surface area contributed by atoms with Gasteiger partial charge in [-0.05, 0) is 42.8 Å². The van der Waals surface area contributed by atoms with E-state index in [1.165, 1.54) is 4.88 Å². The number of carbonyl (C=O) groups is 2. The van der Waals surface area contributed by atoms with Crippen molar-refractivity contribution in [3.05, 3.63) is 46.4 Å². The number of aliphatic carboxylic acids is 1. The number of thiophene rings is 1. The van der Waals surface area contributed by atoms with Crippen LogP contribution in [0.5, 0.6) is 0 Å². The Morgan fingerprint density at radius 1 is 1.32 bits per heavy atom. The number of aromatic nitrogens is 1. The lowest BCUT2D eigenvalue weighted by Gasteiger charge is -2.14. The summed E-state index contributed by atoms with van der Waals surface area (Å²) in [4.78, 5) is 24.6. The van der Waals surface area contributed by atoms with Gasteiger partial charge in [-0.15, -0.1) is 11.3 Å². The van der Waals surface area contributed by atoms with Crippen molar-refractivity contribution in [2.24, 2.45) is 5.92 Å². The smallest absolute Gasteiger partial charge is 0.306 e. The average molecular weight is 318 g/mol. The minimum Gasteiger partial charge on any atom is -0.481 e. The third kappa shape index (κ3) is 3.22. The summed E-state index contributed by atoms with van der Waals surface area (Å²) in [5.41, 5.74) is 0.618. The first-order valence-corrected chi connectivity index (χ1v) is 8.22. The third-order valence-corrected chi connectivity index (χ3v) is 4.95. The summed E-state index contributed by atoms with van der Waals surface area (Å²) in [5.74, 6) is -1.22. The van der Waals surface area contributed by atoms with Gasteiger partial charge in [-0.25, -0.2) is 0 Å². The molecule has 2 atom stereocenters. The van der Waals surface area contributed by atoms with Crippen LogP contribution in [0.25, 0.3) is 0 Å². The van der Waals surface area contributed by atoms with Crippen LogP contribution in [0.2, 0.25) is 0 Å². The quantitative estimate of drug-likeness (QED) is 0.890. The molecule has 0 aromatic carbocycles. The van der Waals surface area contributed by atoms with Crippen LogP contribution in [0.4, 0.5) is 0 Å². The molecule has 0 unspecified atom stereocenters. The average Bonchev–Trinajstić information content (AvgIpc) is 3.19. The SMILES string of the molecule is O=C(N[C@@H]1CC[C@H](C(=O)O)C1)c1cccn1Cc1cccs1. The molecule has 0 radical (unpaired) electrons. The fourth-order valence-electron chi connectivity index (χ4n) is 2.92. The third-order valence-electron chi connectivity index (χ3n) is 4.09. The molecule has 0 aliphatic heterocycles. The number of carboxylic acid groups (broad SMARTS) is 1. The van der Waals surface area contributed by atoms with Gasteiger partial charge in [0.2, 0.25) is 0 Å². The fourth-order valence-corrected chi connectivity index (χ4v) is 3.63. The molecule has 1 aliphatic rings.